The van der Waals surface area contributed by atoms with Gasteiger partial charge in [0.15, 0.2) is 5.11 Å². The average molecular weight is 308 g/mol. The van der Waals surface area contributed by atoms with Crippen molar-refractivity contribution >= 4 is 23.5 Å². The fourth-order valence-corrected chi connectivity index (χ4v) is 2.09. The number of benzene rings is 2. The summed E-state index contributed by atoms with van der Waals surface area (Å²) in [5.41, 5.74) is 5.46. The molecule has 0 bridgehead atoms. The van der Waals surface area contributed by atoms with E-state index in [9.17, 15) is 0 Å². The molecule has 0 aliphatic heterocycles. The number of nitrogens with one attached hydrogen (secondary N) is 2. The molecule has 22 heavy (non-hydrogen) atoms. The van der Waals surface area contributed by atoms with Gasteiger partial charge in [-0.25, -0.2) is 0 Å². The Bertz CT molecular complexity index is 687. The molecule has 0 aromatic heterocycles. The third-order valence-corrected chi connectivity index (χ3v) is 3.28. The zero-order chi connectivity index (χ0) is 15.8. The number of hydrogen-bond acceptors (Lipinski definition) is 3. The maximum absolute atomic E-state index is 8.73. The molecule has 0 spiro atoms. The SMILES string of the molecule is C[C@H](NC(=S)N/N=C/c1ccc(C#N)cc1)c1ccccc1. The first kappa shape index (κ1) is 15.7. The van der Waals surface area contributed by atoms with Crippen LogP contribution in [-0.2, 0) is 0 Å². The quantitative estimate of drug-likeness (QED) is 0.517. The molecule has 4 nitrogen and oxygen atoms in total. The molecule has 0 saturated heterocycles. The van der Waals surface area contributed by atoms with E-state index in [4.69, 9.17) is 17.5 Å². The normalized spacial score (nSPS) is 11.6. The first-order chi connectivity index (χ1) is 10.7. The maximum Gasteiger partial charge on any atom is 0.187 e. The minimum Gasteiger partial charge on any atom is -0.355 e. The zero-order valence-electron chi connectivity index (χ0n) is 12.2. The summed E-state index contributed by atoms with van der Waals surface area (Å²) in [7, 11) is 0. The van der Waals surface area contributed by atoms with E-state index in [1.165, 1.54) is 0 Å². The van der Waals surface area contributed by atoms with Crippen LogP contribution in [0.3, 0.4) is 0 Å². The third kappa shape index (κ3) is 4.69. The predicted molar refractivity (Wildman–Crippen MR) is 92.5 cm³/mol. The van der Waals surface area contributed by atoms with Gasteiger partial charge in [0.25, 0.3) is 0 Å². The number of hydrazone groups is 1. The highest BCUT2D eigenvalue weighted by molar-refractivity contribution is 7.80. The summed E-state index contributed by atoms with van der Waals surface area (Å²) in [6, 6.07) is 19.4. The van der Waals surface area contributed by atoms with E-state index in [1.807, 2.05) is 49.4 Å². The van der Waals surface area contributed by atoms with Crippen LogP contribution < -0.4 is 10.7 Å². The standard InChI is InChI=1S/C17H16N4S/c1-13(16-5-3-2-4-6-16)20-17(22)21-19-12-15-9-7-14(11-18)8-10-15/h2-10,12-13H,1H3,(H2,20,21,22)/b19-12+/t13-/m0/s1. The van der Waals surface area contributed by atoms with Crippen LogP contribution in [0, 0.1) is 11.3 Å². The minimum atomic E-state index is 0.103. The first-order valence-electron chi connectivity index (χ1n) is 6.83. The smallest absolute Gasteiger partial charge is 0.187 e. The molecule has 1 atom stereocenters. The van der Waals surface area contributed by atoms with E-state index >= 15 is 0 Å². The highest BCUT2D eigenvalue weighted by atomic mass is 32.1. The summed E-state index contributed by atoms with van der Waals surface area (Å²) in [4.78, 5) is 0. The molecule has 110 valence electrons. The molecule has 2 N–H and O–H groups in total. The fraction of sp³-hybridized carbons (Fsp3) is 0.118. The first-order valence-corrected chi connectivity index (χ1v) is 7.24. The van der Waals surface area contributed by atoms with Gasteiger partial charge in [-0.15, -0.1) is 0 Å². The molecule has 2 aromatic carbocycles. The second-order valence-electron chi connectivity index (χ2n) is 4.71. The summed E-state index contributed by atoms with van der Waals surface area (Å²) < 4.78 is 0. The van der Waals surface area contributed by atoms with Gasteiger partial charge in [0.2, 0.25) is 0 Å². The minimum absolute atomic E-state index is 0.103. The molecule has 0 saturated carbocycles. The van der Waals surface area contributed by atoms with E-state index in [2.05, 4.69) is 21.9 Å². The van der Waals surface area contributed by atoms with E-state index in [0.29, 0.717) is 10.7 Å². The van der Waals surface area contributed by atoms with Crippen LogP contribution in [0.1, 0.15) is 29.7 Å². The van der Waals surface area contributed by atoms with E-state index in [-0.39, 0.29) is 6.04 Å². The fourth-order valence-electron chi connectivity index (χ4n) is 1.86. The molecule has 0 fully saturated rings. The molecule has 0 amide bonds. The lowest BCUT2D eigenvalue weighted by Gasteiger charge is -2.15. The van der Waals surface area contributed by atoms with Gasteiger partial charge in [0.05, 0.1) is 23.9 Å². The van der Waals surface area contributed by atoms with Crippen LogP contribution >= 0.6 is 12.2 Å². The van der Waals surface area contributed by atoms with Crippen molar-refractivity contribution in [2.24, 2.45) is 5.10 Å². The Balaban J connectivity index is 1.84. The van der Waals surface area contributed by atoms with Gasteiger partial charge in [0, 0.05) is 0 Å². The molecule has 0 unspecified atom stereocenters. The van der Waals surface area contributed by atoms with Crippen LogP contribution in [0.5, 0.6) is 0 Å². The Kier molecular flexibility index (Phi) is 5.64. The number of thiocarbonyl (C=S) groups is 1. The summed E-state index contributed by atoms with van der Waals surface area (Å²) in [6.07, 6.45) is 1.66. The van der Waals surface area contributed by atoms with Crippen molar-refractivity contribution in [1.82, 2.24) is 10.7 Å². The van der Waals surface area contributed by atoms with Crippen molar-refractivity contribution in [2.75, 3.05) is 0 Å². The van der Waals surface area contributed by atoms with Crippen molar-refractivity contribution in [2.45, 2.75) is 13.0 Å². The average Bonchev–Trinajstić information content (AvgIpc) is 2.56. The van der Waals surface area contributed by atoms with Gasteiger partial charge >= 0.3 is 0 Å². The number of nitrogens with zero attached hydrogens (tertiary/aromatic N) is 2. The Hall–Kier alpha value is -2.71. The van der Waals surface area contributed by atoms with Crippen molar-refractivity contribution in [3.8, 4) is 6.07 Å². The number of rotatable bonds is 4. The maximum atomic E-state index is 8.73. The van der Waals surface area contributed by atoms with Crippen LogP contribution in [0.15, 0.2) is 59.7 Å². The Morgan fingerprint density at radius 1 is 1.18 bits per heavy atom. The van der Waals surface area contributed by atoms with E-state index in [0.717, 1.165) is 11.1 Å². The Morgan fingerprint density at radius 3 is 2.50 bits per heavy atom. The Morgan fingerprint density at radius 2 is 1.86 bits per heavy atom. The van der Waals surface area contributed by atoms with Crippen molar-refractivity contribution in [1.29, 1.82) is 5.26 Å². The van der Waals surface area contributed by atoms with Crippen LogP contribution in [0.25, 0.3) is 0 Å². The second-order valence-corrected chi connectivity index (χ2v) is 5.12. The molecular formula is C17H16N4S. The molecule has 0 radical (unpaired) electrons. The van der Waals surface area contributed by atoms with Crippen LogP contribution in [0.4, 0.5) is 0 Å². The highest BCUT2D eigenvalue weighted by Gasteiger charge is 2.05. The Labute approximate surface area is 135 Å². The predicted octanol–water partition coefficient (Wildman–Crippen LogP) is 3.12. The molecule has 2 rings (SSSR count). The van der Waals surface area contributed by atoms with Gasteiger partial charge in [0.1, 0.15) is 0 Å². The largest absolute Gasteiger partial charge is 0.355 e. The molecular weight excluding hydrogens is 292 g/mol. The van der Waals surface area contributed by atoms with Gasteiger partial charge in [-0.2, -0.15) is 10.4 Å². The van der Waals surface area contributed by atoms with Crippen molar-refractivity contribution < 1.29 is 0 Å². The zero-order valence-corrected chi connectivity index (χ0v) is 13.0. The lowest BCUT2D eigenvalue weighted by molar-refractivity contribution is 0.704. The molecule has 5 heteroatoms. The number of nitriles is 1. The summed E-state index contributed by atoms with van der Waals surface area (Å²) in [5.74, 6) is 0. The summed E-state index contributed by atoms with van der Waals surface area (Å²) in [5, 5.41) is 16.4. The third-order valence-electron chi connectivity index (χ3n) is 3.07. The van der Waals surface area contributed by atoms with Crippen molar-refractivity contribution in [3.63, 3.8) is 0 Å². The van der Waals surface area contributed by atoms with E-state index in [1.54, 1.807) is 18.3 Å². The molecule has 0 heterocycles. The van der Waals surface area contributed by atoms with Crippen molar-refractivity contribution in [3.05, 3.63) is 71.3 Å². The molecule has 0 aliphatic rings. The summed E-state index contributed by atoms with van der Waals surface area (Å²) >= 11 is 5.21. The van der Waals surface area contributed by atoms with E-state index < -0.39 is 0 Å². The van der Waals surface area contributed by atoms with Gasteiger partial charge < -0.3 is 5.32 Å². The van der Waals surface area contributed by atoms with Crippen LogP contribution in [0.2, 0.25) is 0 Å². The lowest BCUT2D eigenvalue weighted by Crippen LogP contribution is -2.34. The highest BCUT2D eigenvalue weighted by Crippen LogP contribution is 2.10. The van der Waals surface area contributed by atoms with Gasteiger partial charge in [-0.05, 0) is 42.4 Å². The summed E-state index contributed by atoms with van der Waals surface area (Å²) in [6.45, 7) is 2.04. The monoisotopic (exact) mass is 308 g/mol. The molecule has 2 aromatic rings. The number of hydrogen-bond donors (Lipinski definition) is 2. The van der Waals surface area contributed by atoms with Gasteiger partial charge in [-0.1, -0.05) is 42.5 Å². The lowest BCUT2D eigenvalue weighted by atomic mass is 10.1. The van der Waals surface area contributed by atoms with Gasteiger partial charge in [-0.3, -0.25) is 5.43 Å². The second kappa shape index (κ2) is 7.91. The topological polar surface area (TPSA) is 60.2 Å². The molecule has 0 aliphatic carbocycles. The van der Waals surface area contributed by atoms with Crippen LogP contribution in [-0.4, -0.2) is 11.3 Å².